The lowest BCUT2D eigenvalue weighted by Crippen LogP contribution is -1.93. The van der Waals surface area contributed by atoms with Gasteiger partial charge in [-0.15, -0.1) is 0 Å². The SMILES string of the molecule is Cc1nn(C)cc1-c1nc(Cl)cc(-c2cnn(C)c2)n1. The van der Waals surface area contributed by atoms with Crippen LogP contribution in [-0.4, -0.2) is 29.5 Å². The first-order chi connectivity index (χ1) is 9.52. The van der Waals surface area contributed by atoms with E-state index in [9.17, 15) is 0 Å². The van der Waals surface area contributed by atoms with Crippen LogP contribution in [0.4, 0.5) is 0 Å². The Labute approximate surface area is 121 Å². The average molecular weight is 289 g/mol. The number of hydrogen-bond donors (Lipinski definition) is 0. The molecule has 0 aliphatic heterocycles. The maximum Gasteiger partial charge on any atom is 0.164 e. The van der Waals surface area contributed by atoms with Crippen molar-refractivity contribution >= 4 is 11.6 Å². The number of aryl methyl sites for hydroxylation is 3. The van der Waals surface area contributed by atoms with Crippen molar-refractivity contribution in [2.45, 2.75) is 6.92 Å². The molecule has 0 saturated heterocycles. The highest BCUT2D eigenvalue weighted by Gasteiger charge is 2.13. The average Bonchev–Trinajstić information content (AvgIpc) is 2.94. The zero-order chi connectivity index (χ0) is 14.3. The van der Waals surface area contributed by atoms with E-state index in [0.717, 1.165) is 22.5 Å². The molecule has 0 radical (unpaired) electrons. The molecule has 102 valence electrons. The molecule has 0 spiro atoms. The highest BCUT2D eigenvalue weighted by atomic mass is 35.5. The van der Waals surface area contributed by atoms with E-state index in [0.29, 0.717) is 11.0 Å². The Hall–Kier alpha value is -2.21. The van der Waals surface area contributed by atoms with Gasteiger partial charge in [0.25, 0.3) is 0 Å². The van der Waals surface area contributed by atoms with Gasteiger partial charge in [-0.2, -0.15) is 10.2 Å². The van der Waals surface area contributed by atoms with Crippen molar-refractivity contribution in [2.24, 2.45) is 14.1 Å². The Kier molecular flexibility index (Phi) is 3.02. The van der Waals surface area contributed by atoms with Crippen LogP contribution in [0.1, 0.15) is 5.69 Å². The predicted molar refractivity (Wildman–Crippen MR) is 76.2 cm³/mol. The van der Waals surface area contributed by atoms with Crippen molar-refractivity contribution in [3.8, 4) is 22.6 Å². The van der Waals surface area contributed by atoms with Crippen molar-refractivity contribution in [2.75, 3.05) is 0 Å². The predicted octanol–water partition coefficient (Wildman–Crippen LogP) is 2.24. The van der Waals surface area contributed by atoms with Crippen molar-refractivity contribution in [1.82, 2.24) is 29.5 Å². The zero-order valence-electron chi connectivity index (χ0n) is 11.4. The van der Waals surface area contributed by atoms with E-state index in [1.807, 2.05) is 33.4 Å². The summed E-state index contributed by atoms with van der Waals surface area (Å²) in [5, 5.41) is 8.84. The lowest BCUT2D eigenvalue weighted by molar-refractivity contribution is 0.756. The largest absolute Gasteiger partial charge is 0.275 e. The van der Waals surface area contributed by atoms with Crippen LogP contribution in [-0.2, 0) is 14.1 Å². The number of halogens is 1. The smallest absolute Gasteiger partial charge is 0.164 e. The number of rotatable bonds is 2. The fourth-order valence-electron chi connectivity index (χ4n) is 2.06. The van der Waals surface area contributed by atoms with Gasteiger partial charge in [0.15, 0.2) is 5.82 Å². The lowest BCUT2D eigenvalue weighted by Gasteiger charge is -2.02. The minimum Gasteiger partial charge on any atom is -0.275 e. The summed E-state index contributed by atoms with van der Waals surface area (Å²) in [6.07, 6.45) is 5.52. The lowest BCUT2D eigenvalue weighted by atomic mass is 10.2. The van der Waals surface area contributed by atoms with E-state index in [1.54, 1.807) is 21.6 Å². The monoisotopic (exact) mass is 288 g/mol. The third kappa shape index (κ3) is 2.30. The molecule has 0 aliphatic carbocycles. The number of hydrogen-bond acceptors (Lipinski definition) is 4. The minimum atomic E-state index is 0.400. The van der Waals surface area contributed by atoms with Gasteiger partial charge in [0.1, 0.15) is 5.15 Å². The molecule has 0 aromatic carbocycles. The Balaban J connectivity index is 2.14. The van der Waals surface area contributed by atoms with Gasteiger partial charge < -0.3 is 0 Å². The molecule has 0 atom stereocenters. The molecule has 3 rings (SSSR count). The van der Waals surface area contributed by atoms with E-state index in [4.69, 9.17) is 11.6 Å². The number of nitrogens with zero attached hydrogens (tertiary/aromatic N) is 6. The van der Waals surface area contributed by atoms with Gasteiger partial charge in [-0.05, 0) is 6.92 Å². The Morgan fingerprint density at radius 1 is 1.10 bits per heavy atom. The highest BCUT2D eigenvalue weighted by Crippen LogP contribution is 2.25. The van der Waals surface area contributed by atoms with Gasteiger partial charge in [-0.25, -0.2) is 9.97 Å². The van der Waals surface area contributed by atoms with Crippen molar-refractivity contribution in [3.05, 3.63) is 35.5 Å². The van der Waals surface area contributed by atoms with Gasteiger partial charge >= 0.3 is 0 Å². The first-order valence-electron chi connectivity index (χ1n) is 6.07. The van der Waals surface area contributed by atoms with Crippen LogP contribution in [0.25, 0.3) is 22.6 Å². The second kappa shape index (κ2) is 4.72. The molecule has 20 heavy (non-hydrogen) atoms. The van der Waals surface area contributed by atoms with Gasteiger partial charge in [-0.3, -0.25) is 9.36 Å². The molecule has 3 aromatic heterocycles. The molecule has 7 heteroatoms. The zero-order valence-corrected chi connectivity index (χ0v) is 12.1. The normalized spacial score (nSPS) is 11.0. The summed E-state index contributed by atoms with van der Waals surface area (Å²) in [6.45, 7) is 1.92. The summed E-state index contributed by atoms with van der Waals surface area (Å²) >= 11 is 6.11. The second-order valence-corrected chi connectivity index (χ2v) is 4.99. The van der Waals surface area contributed by atoms with Crippen LogP contribution >= 0.6 is 11.6 Å². The van der Waals surface area contributed by atoms with Crippen LogP contribution in [0.3, 0.4) is 0 Å². The van der Waals surface area contributed by atoms with Crippen molar-refractivity contribution < 1.29 is 0 Å². The summed E-state index contributed by atoms with van der Waals surface area (Å²) in [7, 11) is 3.72. The second-order valence-electron chi connectivity index (χ2n) is 4.60. The van der Waals surface area contributed by atoms with Crippen LogP contribution in [0.15, 0.2) is 24.7 Å². The maximum atomic E-state index is 6.11. The van der Waals surface area contributed by atoms with Gasteiger partial charge in [0, 0.05) is 38.1 Å². The van der Waals surface area contributed by atoms with E-state index >= 15 is 0 Å². The minimum absolute atomic E-state index is 0.400. The Morgan fingerprint density at radius 3 is 2.50 bits per heavy atom. The molecule has 0 unspecified atom stereocenters. The molecular weight excluding hydrogens is 276 g/mol. The Bertz CT molecular complexity index is 773. The summed E-state index contributed by atoms with van der Waals surface area (Å²) in [5.74, 6) is 0.571. The molecular formula is C13H13ClN6. The van der Waals surface area contributed by atoms with E-state index in [2.05, 4.69) is 20.2 Å². The molecule has 3 aromatic rings. The molecule has 0 fully saturated rings. The summed E-state index contributed by atoms with van der Waals surface area (Å²) < 4.78 is 3.46. The van der Waals surface area contributed by atoms with E-state index in [-0.39, 0.29) is 0 Å². The van der Waals surface area contributed by atoms with Crippen LogP contribution in [0.2, 0.25) is 5.15 Å². The van der Waals surface area contributed by atoms with Crippen LogP contribution in [0, 0.1) is 6.92 Å². The van der Waals surface area contributed by atoms with E-state index < -0.39 is 0 Å². The fraction of sp³-hybridized carbons (Fsp3) is 0.231. The quantitative estimate of drug-likeness (QED) is 0.679. The molecule has 0 N–H and O–H groups in total. The third-order valence-electron chi connectivity index (χ3n) is 2.95. The molecule has 0 saturated carbocycles. The van der Waals surface area contributed by atoms with Gasteiger partial charge in [0.05, 0.1) is 23.1 Å². The van der Waals surface area contributed by atoms with Gasteiger partial charge in [-0.1, -0.05) is 11.6 Å². The molecule has 6 nitrogen and oxygen atoms in total. The molecule has 0 aliphatic rings. The van der Waals surface area contributed by atoms with E-state index in [1.165, 1.54) is 0 Å². The third-order valence-corrected chi connectivity index (χ3v) is 3.14. The summed E-state index contributed by atoms with van der Waals surface area (Å²) in [5.41, 5.74) is 3.39. The Morgan fingerprint density at radius 2 is 1.90 bits per heavy atom. The first-order valence-corrected chi connectivity index (χ1v) is 6.45. The van der Waals surface area contributed by atoms with Crippen molar-refractivity contribution in [3.63, 3.8) is 0 Å². The summed E-state index contributed by atoms with van der Waals surface area (Å²) in [4.78, 5) is 8.84. The summed E-state index contributed by atoms with van der Waals surface area (Å²) in [6, 6.07) is 1.73. The molecule has 0 amide bonds. The molecule has 0 bridgehead atoms. The first kappa shape index (κ1) is 12.8. The topological polar surface area (TPSA) is 61.4 Å². The van der Waals surface area contributed by atoms with Crippen LogP contribution < -0.4 is 0 Å². The van der Waals surface area contributed by atoms with Crippen molar-refractivity contribution in [1.29, 1.82) is 0 Å². The fourth-order valence-corrected chi connectivity index (χ4v) is 2.24. The van der Waals surface area contributed by atoms with Gasteiger partial charge in [0.2, 0.25) is 0 Å². The van der Waals surface area contributed by atoms with Crippen LogP contribution in [0.5, 0.6) is 0 Å². The molecule has 3 heterocycles. The highest BCUT2D eigenvalue weighted by molar-refractivity contribution is 6.29. The standard InChI is InChI=1S/C13H13ClN6/c1-8-10(7-20(3)18-8)13-16-11(4-12(14)17-13)9-5-15-19(2)6-9/h4-7H,1-3H3. The number of aromatic nitrogens is 6. The maximum absolute atomic E-state index is 6.11.